The van der Waals surface area contributed by atoms with E-state index in [2.05, 4.69) is 20.7 Å². The Morgan fingerprint density at radius 3 is 2.50 bits per heavy atom. The number of amides is 1. The molecule has 2 aromatic carbocycles. The van der Waals surface area contributed by atoms with Gasteiger partial charge in [0.25, 0.3) is 5.91 Å². The summed E-state index contributed by atoms with van der Waals surface area (Å²) in [6.45, 7) is 2.63. The first-order valence-corrected chi connectivity index (χ1v) is 10.3. The number of carbonyl (C=O) groups is 2. The van der Waals surface area contributed by atoms with Gasteiger partial charge in [0.05, 0.1) is 17.5 Å². The van der Waals surface area contributed by atoms with Gasteiger partial charge in [-0.3, -0.25) is 4.79 Å². The monoisotopic (exact) mass is 443 g/mol. The van der Waals surface area contributed by atoms with E-state index in [-0.39, 0.29) is 17.2 Å². The van der Waals surface area contributed by atoms with Gasteiger partial charge in [-0.1, -0.05) is 35.5 Å². The molecule has 0 saturated heterocycles. The van der Waals surface area contributed by atoms with Gasteiger partial charge in [-0.25, -0.2) is 10.2 Å². The van der Waals surface area contributed by atoms with Gasteiger partial charge in [-0.2, -0.15) is 5.10 Å². The van der Waals surface area contributed by atoms with E-state index in [9.17, 15) is 9.59 Å². The zero-order valence-electron chi connectivity index (χ0n) is 15.9. The third kappa shape index (κ3) is 5.46. The van der Waals surface area contributed by atoms with Gasteiger partial charge in [-0.15, -0.1) is 10.2 Å². The topological polar surface area (TPSA) is 109 Å². The quantitative estimate of drug-likeness (QED) is 0.313. The summed E-state index contributed by atoms with van der Waals surface area (Å²) < 4.78 is 1.93. The molecule has 0 aliphatic heterocycles. The van der Waals surface area contributed by atoms with E-state index < -0.39 is 5.97 Å². The highest BCUT2D eigenvalue weighted by Gasteiger charge is 2.14. The van der Waals surface area contributed by atoms with Crippen LogP contribution in [0.3, 0.4) is 0 Å². The van der Waals surface area contributed by atoms with E-state index in [1.54, 1.807) is 24.3 Å². The lowest BCUT2D eigenvalue weighted by Gasteiger charge is -2.07. The number of hydrazone groups is 1. The maximum Gasteiger partial charge on any atom is 0.335 e. The number of aromatic carboxylic acids is 1. The molecule has 0 aliphatic rings. The largest absolute Gasteiger partial charge is 0.478 e. The summed E-state index contributed by atoms with van der Waals surface area (Å²) in [5.74, 6) is -0.464. The van der Waals surface area contributed by atoms with E-state index >= 15 is 0 Å². The number of hydrogen-bond acceptors (Lipinski definition) is 6. The highest BCUT2D eigenvalue weighted by atomic mass is 35.5. The Bertz CT molecular complexity index is 1070. The van der Waals surface area contributed by atoms with Crippen molar-refractivity contribution in [2.75, 3.05) is 5.75 Å². The van der Waals surface area contributed by atoms with Crippen molar-refractivity contribution in [2.24, 2.45) is 5.10 Å². The van der Waals surface area contributed by atoms with Gasteiger partial charge < -0.3 is 9.67 Å². The van der Waals surface area contributed by atoms with Crippen molar-refractivity contribution in [2.45, 2.75) is 18.6 Å². The number of aromatic nitrogens is 3. The van der Waals surface area contributed by atoms with Gasteiger partial charge in [0.15, 0.2) is 11.0 Å². The van der Waals surface area contributed by atoms with Crippen molar-refractivity contribution in [1.82, 2.24) is 20.2 Å². The number of carbonyl (C=O) groups excluding carboxylic acids is 1. The zero-order chi connectivity index (χ0) is 21.5. The van der Waals surface area contributed by atoms with Crippen LogP contribution in [0.25, 0.3) is 11.4 Å². The Labute approximate surface area is 182 Å². The molecule has 30 heavy (non-hydrogen) atoms. The maximum atomic E-state index is 12.1. The zero-order valence-corrected chi connectivity index (χ0v) is 17.5. The second kappa shape index (κ2) is 10.0. The lowest BCUT2D eigenvalue weighted by Crippen LogP contribution is -2.20. The molecule has 0 saturated carbocycles. The average molecular weight is 444 g/mol. The van der Waals surface area contributed by atoms with Crippen molar-refractivity contribution < 1.29 is 14.7 Å². The molecule has 1 heterocycles. The van der Waals surface area contributed by atoms with Crippen LogP contribution < -0.4 is 5.43 Å². The van der Waals surface area contributed by atoms with Crippen LogP contribution >= 0.6 is 23.4 Å². The molecule has 1 amide bonds. The number of rotatable bonds is 8. The van der Waals surface area contributed by atoms with E-state index in [4.69, 9.17) is 16.7 Å². The molecule has 0 unspecified atom stereocenters. The molecule has 154 valence electrons. The molecule has 0 fully saturated rings. The minimum atomic E-state index is -0.997. The minimum absolute atomic E-state index is 0.119. The van der Waals surface area contributed by atoms with Gasteiger partial charge >= 0.3 is 5.97 Å². The van der Waals surface area contributed by atoms with Crippen LogP contribution in [0.4, 0.5) is 0 Å². The highest BCUT2D eigenvalue weighted by Crippen LogP contribution is 2.24. The van der Waals surface area contributed by atoms with E-state index in [0.29, 0.717) is 28.1 Å². The molecule has 1 aromatic heterocycles. The fourth-order valence-electron chi connectivity index (χ4n) is 2.55. The van der Waals surface area contributed by atoms with Crippen LogP contribution in [-0.2, 0) is 11.3 Å². The van der Waals surface area contributed by atoms with Gasteiger partial charge in [0, 0.05) is 17.1 Å². The Hall–Kier alpha value is -3.17. The SMILES string of the molecule is CCn1c(SCC(=O)N/N=C/c2ccc(C(=O)O)cc2)nnc1-c1ccc(Cl)cc1. The normalized spacial score (nSPS) is 11.0. The Kier molecular flexibility index (Phi) is 7.21. The molecule has 8 nitrogen and oxygen atoms in total. The number of halogens is 1. The third-order valence-electron chi connectivity index (χ3n) is 4.03. The molecule has 0 atom stereocenters. The van der Waals surface area contributed by atoms with Crippen molar-refractivity contribution in [3.05, 3.63) is 64.7 Å². The molecule has 0 spiro atoms. The molecular formula is C20H18ClN5O3S. The highest BCUT2D eigenvalue weighted by molar-refractivity contribution is 7.99. The first-order chi connectivity index (χ1) is 14.5. The van der Waals surface area contributed by atoms with Crippen molar-refractivity contribution in [1.29, 1.82) is 0 Å². The first-order valence-electron chi connectivity index (χ1n) is 8.95. The number of carboxylic acids is 1. The molecule has 10 heteroatoms. The first kappa shape index (κ1) is 21.5. The van der Waals surface area contributed by atoms with Crippen molar-refractivity contribution in [3.63, 3.8) is 0 Å². The summed E-state index contributed by atoms with van der Waals surface area (Å²) in [6.07, 6.45) is 1.45. The standard InChI is InChI=1S/C20H18ClN5O3S/c1-2-26-18(14-7-9-16(21)10-8-14)24-25-20(26)30-12-17(27)23-22-11-13-3-5-15(6-4-13)19(28)29/h3-11H,2,12H2,1H3,(H,23,27)(H,28,29)/b22-11+. The summed E-state index contributed by atoms with van der Waals surface area (Å²) in [7, 11) is 0. The number of nitrogens with zero attached hydrogens (tertiary/aromatic N) is 4. The second-order valence-corrected chi connectivity index (χ2v) is 7.45. The third-order valence-corrected chi connectivity index (χ3v) is 5.25. The number of nitrogens with one attached hydrogen (secondary N) is 1. The number of thioether (sulfide) groups is 1. The molecule has 3 rings (SSSR count). The van der Waals surface area contributed by atoms with Crippen LogP contribution in [0.5, 0.6) is 0 Å². The lowest BCUT2D eigenvalue weighted by atomic mass is 10.1. The smallest absolute Gasteiger partial charge is 0.335 e. The lowest BCUT2D eigenvalue weighted by molar-refractivity contribution is -0.118. The van der Waals surface area contributed by atoms with Crippen molar-refractivity contribution in [3.8, 4) is 11.4 Å². The summed E-state index contributed by atoms with van der Waals surface area (Å²) in [5, 5.41) is 22.5. The van der Waals surface area contributed by atoms with Gasteiger partial charge in [0.1, 0.15) is 0 Å². The molecule has 2 N–H and O–H groups in total. The Morgan fingerprint density at radius 2 is 1.87 bits per heavy atom. The fourth-order valence-corrected chi connectivity index (χ4v) is 3.47. The molecule has 0 bridgehead atoms. The van der Waals surface area contributed by atoms with Gasteiger partial charge in [-0.05, 0) is 48.9 Å². The predicted octanol–water partition coefficient (Wildman–Crippen LogP) is 3.56. The summed E-state index contributed by atoms with van der Waals surface area (Å²) in [5.41, 5.74) is 4.19. The maximum absolute atomic E-state index is 12.1. The Balaban J connectivity index is 1.57. The molecule has 0 radical (unpaired) electrons. The Morgan fingerprint density at radius 1 is 1.17 bits per heavy atom. The van der Waals surface area contributed by atoms with Crippen LogP contribution in [0, 0.1) is 0 Å². The molecule has 3 aromatic rings. The van der Waals surface area contributed by atoms with Crippen LogP contribution in [0.15, 0.2) is 58.8 Å². The number of hydrogen-bond donors (Lipinski definition) is 2. The fraction of sp³-hybridized carbons (Fsp3) is 0.150. The number of carboxylic acid groups (broad SMARTS) is 1. The van der Waals surface area contributed by atoms with Crippen molar-refractivity contribution >= 4 is 41.5 Å². The number of benzene rings is 2. The summed E-state index contributed by atoms with van der Waals surface area (Å²) >= 11 is 7.20. The summed E-state index contributed by atoms with van der Waals surface area (Å²) in [4.78, 5) is 22.9. The van der Waals surface area contributed by atoms with E-state index in [0.717, 1.165) is 5.56 Å². The minimum Gasteiger partial charge on any atom is -0.478 e. The second-order valence-electron chi connectivity index (χ2n) is 6.07. The average Bonchev–Trinajstić information content (AvgIpc) is 3.16. The van der Waals surface area contributed by atoms with E-state index in [1.165, 1.54) is 30.1 Å². The van der Waals surface area contributed by atoms with Crippen LogP contribution in [0.1, 0.15) is 22.8 Å². The molecular weight excluding hydrogens is 426 g/mol. The predicted molar refractivity (Wildman–Crippen MR) is 116 cm³/mol. The van der Waals surface area contributed by atoms with Crippen LogP contribution in [-0.4, -0.2) is 43.7 Å². The molecule has 0 aliphatic carbocycles. The summed E-state index contributed by atoms with van der Waals surface area (Å²) in [6, 6.07) is 13.5. The van der Waals surface area contributed by atoms with Crippen LogP contribution in [0.2, 0.25) is 5.02 Å². The van der Waals surface area contributed by atoms with E-state index in [1.807, 2.05) is 23.6 Å². The van der Waals surface area contributed by atoms with Gasteiger partial charge in [0.2, 0.25) is 0 Å².